The van der Waals surface area contributed by atoms with E-state index in [1.54, 1.807) is 13.8 Å². The van der Waals surface area contributed by atoms with Crippen LogP contribution in [0.3, 0.4) is 0 Å². The minimum atomic E-state index is -4.75. The van der Waals surface area contributed by atoms with Gasteiger partial charge in [-0.3, -0.25) is 28.8 Å². The van der Waals surface area contributed by atoms with Crippen molar-refractivity contribution in [3.8, 4) is 0 Å². The molecule has 68 heavy (non-hydrogen) atoms. The Bertz CT molecular complexity index is 2740. The van der Waals surface area contributed by atoms with Crippen LogP contribution in [0.4, 0.5) is 60.5 Å². The number of benzene rings is 5. The Morgan fingerprint density at radius 3 is 1.19 bits per heavy atom. The van der Waals surface area contributed by atoms with Gasteiger partial charge in [-0.15, -0.1) is 0 Å². The maximum Gasteiger partial charge on any atom is 0.416 e. The van der Waals surface area contributed by atoms with Gasteiger partial charge in [0.2, 0.25) is 12.1 Å². The molecule has 0 heterocycles. The molecule has 0 fully saturated rings. The molecule has 4 amide bonds. The Morgan fingerprint density at radius 1 is 0.515 bits per heavy atom. The molecule has 0 bridgehead atoms. The summed E-state index contributed by atoms with van der Waals surface area (Å²) in [5.41, 5.74) is -2.50. The molecule has 0 aliphatic rings. The van der Waals surface area contributed by atoms with Crippen molar-refractivity contribution in [3.63, 3.8) is 0 Å². The van der Waals surface area contributed by atoms with Crippen LogP contribution in [0.25, 0.3) is 0 Å². The van der Waals surface area contributed by atoms with Crippen LogP contribution < -0.4 is 21.3 Å². The van der Waals surface area contributed by atoms with Crippen molar-refractivity contribution < 1.29 is 55.1 Å². The third kappa shape index (κ3) is 13.2. The molecule has 14 nitrogen and oxygen atoms in total. The average molecular weight is 1020 g/mol. The van der Waals surface area contributed by atoms with E-state index in [9.17, 15) is 55.1 Å². The molecular formula is C44H32Cl4F6N8O6. The van der Waals surface area contributed by atoms with Gasteiger partial charge in [0.15, 0.2) is 11.6 Å². The van der Waals surface area contributed by atoms with Crippen molar-refractivity contribution in [2.24, 2.45) is 20.5 Å². The number of alkyl halides is 6. The largest absolute Gasteiger partial charge is 0.416 e. The Morgan fingerprint density at radius 2 is 0.868 bits per heavy atom. The zero-order chi connectivity index (χ0) is 50.4. The smallest absolute Gasteiger partial charge is 0.324 e. The maximum absolute atomic E-state index is 13.4. The van der Waals surface area contributed by atoms with Crippen molar-refractivity contribution >= 4 is 116 Å². The first-order valence-corrected chi connectivity index (χ1v) is 20.8. The molecular weight excluding hydrogens is 992 g/mol. The number of amides is 4. The second kappa shape index (κ2) is 21.5. The molecule has 5 aromatic carbocycles. The van der Waals surface area contributed by atoms with Gasteiger partial charge in [0, 0.05) is 32.8 Å². The Kier molecular flexibility index (Phi) is 16.5. The van der Waals surface area contributed by atoms with Gasteiger partial charge >= 0.3 is 12.4 Å². The number of nitrogens with one attached hydrogen (secondary N) is 4. The highest BCUT2D eigenvalue weighted by Crippen LogP contribution is 2.37. The van der Waals surface area contributed by atoms with Crippen LogP contribution in [0.5, 0.6) is 0 Å². The first-order valence-electron chi connectivity index (χ1n) is 19.2. The molecule has 0 saturated heterocycles. The number of Topliss-reactive ketones (excluding diaryl/α,β-unsaturated/α-hetero) is 2. The molecule has 24 heteroatoms. The minimum absolute atomic E-state index is 0.168. The van der Waals surface area contributed by atoms with Crippen LogP contribution >= 0.6 is 46.4 Å². The zero-order valence-electron chi connectivity index (χ0n) is 35.3. The molecule has 0 saturated carbocycles. The zero-order valence-corrected chi connectivity index (χ0v) is 38.3. The Balaban J connectivity index is 1.27. The lowest BCUT2D eigenvalue weighted by Gasteiger charge is -2.16. The molecule has 2 unspecified atom stereocenters. The van der Waals surface area contributed by atoms with E-state index in [0.29, 0.717) is 35.4 Å². The SMILES string of the molecule is CC(=O)C(N=Nc1cccc(C(=O)Nc2cc(Cl)cc(C(F)(F)F)c2)c1Cl)C(=O)Nc1cc(C)c(NC(=O)C(N=Nc2cccc(C(=O)Nc3cc(Cl)cc(C(F)(F)F)c3)c2Cl)C(C)=O)cc1C. The fourth-order valence-electron chi connectivity index (χ4n) is 5.96. The van der Waals surface area contributed by atoms with Gasteiger partial charge in [-0.25, -0.2) is 0 Å². The van der Waals surface area contributed by atoms with Gasteiger partial charge in [0.1, 0.15) is 11.4 Å². The number of halogens is 10. The van der Waals surface area contributed by atoms with Gasteiger partial charge in [-0.05, 0) is 112 Å². The molecule has 0 radical (unpaired) electrons. The summed E-state index contributed by atoms with van der Waals surface area (Å²) >= 11 is 24.4. The predicted molar refractivity (Wildman–Crippen MR) is 243 cm³/mol. The normalized spacial score (nSPS) is 12.7. The molecule has 0 aliphatic heterocycles. The Hall–Kier alpha value is -6.74. The topological polar surface area (TPSA) is 200 Å². The monoisotopic (exact) mass is 1020 g/mol. The first-order chi connectivity index (χ1) is 31.7. The number of ketones is 2. The number of rotatable bonds is 14. The van der Waals surface area contributed by atoms with Gasteiger partial charge < -0.3 is 21.3 Å². The molecule has 5 rings (SSSR count). The summed E-state index contributed by atoms with van der Waals surface area (Å²) in [5.74, 6) is -5.25. The standard InChI is InChI=1S/C44H32Cl4F6N8O6/c1-19-11-34(58-42(68)38(22(4)64)62-60-32-10-6-8-30(36(32)48)40(66)56-28-16-24(44(52,53)54)14-26(46)18-28)20(2)12-33(19)57-41(67)37(21(3)63)61-59-31-9-5-7-29(35(31)47)39(65)55-27-15-23(43(49,50)51)13-25(45)17-27/h5-18,37-38H,1-4H3,(H,55,65)(H,56,66)(H,57,67)(H,58,68). The third-order valence-electron chi connectivity index (χ3n) is 9.33. The summed E-state index contributed by atoms with van der Waals surface area (Å²) in [5, 5.41) is 24.0. The van der Waals surface area contributed by atoms with Gasteiger partial charge in [-0.2, -0.15) is 46.8 Å². The van der Waals surface area contributed by atoms with E-state index in [-0.39, 0.29) is 65.3 Å². The van der Waals surface area contributed by atoms with Crippen molar-refractivity contribution in [2.45, 2.75) is 52.1 Å². The van der Waals surface area contributed by atoms with Crippen molar-refractivity contribution in [2.75, 3.05) is 21.3 Å². The molecule has 354 valence electrons. The number of anilines is 4. The van der Waals surface area contributed by atoms with E-state index < -0.39 is 70.8 Å². The van der Waals surface area contributed by atoms with Crippen LogP contribution in [0, 0.1) is 13.8 Å². The number of carbonyl (C=O) groups excluding carboxylic acids is 6. The number of azo groups is 2. The average Bonchev–Trinajstić information content (AvgIpc) is 3.22. The predicted octanol–water partition coefficient (Wildman–Crippen LogP) is 12.8. The van der Waals surface area contributed by atoms with E-state index >= 15 is 0 Å². The third-order valence-corrected chi connectivity index (χ3v) is 10.6. The number of hydrogen-bond donors (Lipinski definition) is 4. The Labute approximate surface area is 401 Å². The van der Waals surface area contributed by atoms with Gasteiger partial charge in [-0.1, -0.05) is 58.5 Å². The number of nitrogens with zero attached hydrogens (tertiary/aromatic N) is 4. The number of hydrogen-bond acceptors (Lipinski definition) is 10. The second-order valence-corrected chi connectivity index (χ2v) is 16.2. The lowest BCUT2D eigenvalue weighted by molar-refractivity contribution is -0.138. The van der Waals surface area contributed by atoms with Crippen molar-refractivity contribution in [1.82, 2.24) is 0 Å². The number of aryl methyl sites for hydroxylation is 2. The molecule has 0 spiro atoms. The fourth-order valence-corrected chi connectivity index (χ4v) is 6.93. The summed E-state index contributed by atoms with van der Waals surface area (Å²) in [7, 11) is 0. The lowest BCUT2D eigenvalue weighted by Crippen LogP contribution is -2.32. The van der Waals surface area contributed by atoms with E-state index in [2.05, 4.69) is 41.7 Å². The lowest BCUT2D eigenvalue weighted by atomic mass is 10.1. The summed E-state index contributed by atoms with van der Waals surface area (Å²) in [4.78, 5) is 78.0. The molecule has 2 atom stereocenters. The highest BCUT2D eigenvalue weighted by atomic mass is 35.5. The fraction of sp³-hybridized carbons (Fsp3) is 0.182. The molecule has 4 N–H and O–H groups in total. The van der Waals surface area contributed by atoms with E-state index in [1.807, 2.05) is 0 Å². The summed E-state index contributed by atoms with van der Waals surface area (Å²) in [6, 6.07) is 12.1. The van der Waals surface area contributed by atoms with Crippen LogP contribution in [-0.2, 0) is 31.5 Å². The quantitative estimate of drug-likeness (QED) is 0.0484. The summed E-state index contributed by atoms with van der Waals surface area (Å²) in [6.07, 6.45) is -9.50. The van der Waals surface area contributed by atoms with Gasteiger partial charge in [0.05, 0.1) is 32.3 Å². The van der Waals surface area contributed by atoms with Crippen LogP contribution in [0.1, 0.15) is 56.8 Å². The van der Waals surface area contributed by atoms with Crippen molar-refractivity contribution in [1.29, 1.82) is 0 Å². The molecule has 5 aromatic rings. The minimum Gasteiger partial charge on any atom is -0.324 e. The van der Waals surface area contributed by atoms with E-state index in [1.165, 1.54) is 48.5 Å². The van der Waals surface area contributed by atoms with Gasteiger partial charge in [0.25, 0.3) is 23.6 Å². The second-order valence-electron chi connectivity index (χ2n) is 14.6. The molecule has 0 aliphatic carbocycles. The van der Waals surface area contributed by atoms with Crippen molar-refractivity contribution in [3.05, 3.63) is 138 Å². The number of carbonyl (C=O) groups is 6. The van der Waals surface area contributed by atoms with Crippen LogP contribution in [0.15, 0.2) is 105 Å². The highest BCUT2D eigenvalue weighted by molar-refractivity contribution is 6.37. The van der Waals surface area contributed by atoms with E-state index in [4.69, 9.17) is 46.4 Å². The van der Waals surface area contributed by atoms with Crippen LogP contribution in [-0.4, -0.2) is 47.3 Å². The maximum atomic E-state index is 13.4. The summed E-state index contributed by atoms with van der Waals surface area (Å²) < 4.78 is 79.7. The summed E-state index contributed by atoms with van der Waals surface area (Å²) in [6.45, 7) is 5.23. The first kappa shape index (κ1) is 52.2. The van der Waals surface area contributed by atoms with E-state index in [0.717, 1.165) is 26.0 Å². The highest BCUT2D eigenvalue weighted by Gasteiger charge is 2.33. The molecule has 0 aromatic heterocycles. The van der Waals surface area contributed by atoms with Crippen LogP contribution in [0.2, 0.25) is 20.1 Å².